The molecule has 0 bridgehead atoms. The van der Waals surface area contributed by atoms with E-state index in [0.717, 1.165) is 31.5 Å². The average Bonchev–Trinajstić information content (AvgIpc) is 2.43. The molecule has 0 spiro atoms. The molecule has 2 rings (SSSR count). The van der Waals surface area contributed by atoms with Gasteiger partial charge >= 0.3 is 0 Å². The van der Waals surface area contributed by atoms with Crippen molar-refractivity contribution in [2.45, 2.75) is 26.7 Å². The van der Waals surface area contributed by atoms with Crippen LogP contribution in [0, 0.1) is 19.8 Å². The maximum absolute atomic E-state index is 11.9. The van der Waals surface area contributed by atoms with Crippen molar-refractivity contribution in [1.29, 1.82) is 0 Å². The van der Waals surface area contributed by atoms with Crippen LogP contribution in [-0.4, -0.2) is 25.6 Å². The van der Waals surface area contributed by atoms with Crippen LogP contribution in [0.2, 0.25) is 0 Å². The maximum atomic E-state index is 11.9. The monoisotopic (exact) mass is 262 g/mol. The number of piperidine rings is 1. The predicted molar refractivity (Wildman–Crippen MR) is 74.9 cm³/mol. The molecule has 1 fully saturated rings. The first kappa shape index (κ1) is 14.0. The summed E-state index contributed by atoms with van der Waals surface area (Å²) in [5.41, 5.74) is 5.48. The Balaban J connectivity index is 1.78. The molecule has 19 heavy (non-hydrogen) atoms. The fraction of sp³-hybridized carbons (Fsp3) is 0.533. The minimum atomic E-state index is -0.169. The number of nitrogens with one attached hydrogen (secondary N) is 2. The second-order valence-corrected chi connectivity index (χ2v) is 5.23. The van der Waals surface area contributed by atoms with Gasteiger partial charge in [0.2, 0.25) is 0 Å². The third-order valence-corrected chi connectivity index (χ3v) is 3.71. The molecule has 104 valence electrons. The van der Waals surface area contributed by atoms with Crippen LogP contribution in [0.25, 0.3) is 0 Å². The molecule has 1 heterocycles. The van der Waals surface area contributed by atoms with E-state index in [-0.39, 0.29) is 5.91 Å². The highest BCUT2D eigenvalue weighted by Gasteiger charge is 2.14. The molecular weight excluding hydrogens is 240 g/mol. The van der Waals surface area contributed by atoms with Gasteiger partial charge in [0.25, 0.3) is 5.91 Å². The highest BCUT2D eigenvalue weighted by molar-refractivity contribution is 5.93. The Morgan fingerprint density at radius 1 is 1.32 bits per heavy atom. The van der Waals surface area contributed by atoms with Gasteiger partial charge in [0.1, 0.15) is 0 Å². The summed E-state index contributed by atoms with van der Waals surface area (Å²) in [5.74, 6) is 0.373. The van der Waals surface area contributed by atoms with E-state index in [2.05, 4.69) is 10.8 Å². The van der Waals surface area contributed by atoms with Gasteiger partial charge in [-0.3, -0.25) is 9.63 Å². The molecule has 0 aromatic heterocycles. The smallest absolute Gasteiger partial charge is 0.274 e. The molecular formula is C15H22N2O2. The Hall–Kier alpha value is -1.39. The van der Waals surface area contributed by atoms with Gasteiger partial charge in [0.15, 0.2) is 0 Å². The fourth-order valence-corrected chi connectivity index (χ4v) is 2.22. The van der Waals surface area contributed by atoms with E-state index in [1.54, 1.807) is 0 Å². The van der Waals surface area contributed by atoms with Crippen molar-refractivity contribution in [1.82, 2.24) is 10.8 Å². The van der Waals surface area contributed by atoms with Crippen molar-refractivity contribution in [3.8, 4) is 0 Å². The number of amides is 1. The normalized spacial score (nSPS) is 16.3. The Morgan fingerprint density at radius 3 is 2.74 bits per heavy atom. The van der Waals surface area contributed by atoms with Crippen LogP contribution in [0.5, 0.6) is 0 Å². The Kier molecular flexibility index (Phi) is 4.93. The molecule has 1 amide bonds. The second kappa shape index (κ2) is 6.68. The molecule has 1 saturated heterocycles. The topological polar surface area (TPSA) is 50.4 Å². The third kappa shape index (κ3) is 4.04. The molecule has 1 aliphatic heterocycles. The van der Waals surface area contributed by atoms with Gasteiger partial charge in [-0.2, -0.15) is 0 Å². The first-order valence-electron chi connectivity index (χ1n) is 6.87. The van der Waals surface area contributed by atoms with Gasteiger partial charge in [-0.15, -0.1) is 0 Å². The average molecular weight is 262 g/mol. The zero-order valence-electron chi connectivity index (χ0n) is 11.7. The van der Waals surface area contributed by atoms with Crippen LogP contribution in [-0.2, 0) is 4.84 Å². The zero-order valence-corrected chi connectivity index (χ0v) is 11.7. The quantitative estimate of drug-likeness (QED) is 0.816. The minimum Gasteiger partial charge on any atom is -0.317 e. The standard InChI is InChI=1S/C15H22N2O2/c1-11-3-4-14(9-12(11)2)15(18)17-19-10-13-5-7-16-8-6-13/h3-4,9,13,16H,5-8,10H2,1-2H3,(H,17,18). The van der Waals surface area contributed by atoms with Crippen molar-refractivity contribution in [2.75, 3.05) is 19.7 Å². The summed E-state index contributed by atoms with van der Waals surface area (Å²) in [6.07, 6.45) is 2.22. The summed E-state index contributed by atoms with van der Waals surface area (Å²) >= 11 is 0. The van der Waals surface area contributed by atoms with Gasteiger partial charge in [-0.1, -0.05) is 6.07 Å². The van der Waals surface area contributed by atoms with Crippen molar-refractivity contribution in [2.24, 2.45) is 5.92 Å². The molecule has 1 aliphatic rings. The molecule has 1 aromatic carbocycles. The van der Waals surface area contributed by atoms with E-state index in [4.69, 9.17) is 4.84 Å². The lowest BCUT2D eigenvalue weighted by Gasteiger charge is -2.22. The van der Waals surface area contributed by atoms with Crippen LogP contribution in [0.3, 0.4) is 0 Å². The number of benzene rings is 1. The second-order valence-electron chi connectivity index (χ2n) is 5.23. The highest BCUT2D eigenvalue weighted by Crippen LogP contribution is 2.12. The van der Waals surface area contributed by atoms with Crippen LogP contribution in [0.15, 0.2) is 18.2 Å². The van der Waals surface area contributed by atoms with Crippen molar-refractivity contribution in [3.63, 3.8) is 0 Å². The summed E-state index contributed by atoms with van der Waals surface area (Å²) in [5, 5.41) is 3.31. The molecule has 0 radical (unpaired) electrons. The molecule has 0 unspecified atom stereocenters. The van der Waals surface area contributed by atoms with Crippen LogP contribution >= 0.6 is 0 Å². The van der Waals surface area contributed by atoms with Gasteiger partial charge in [-0.05, 0) is 69.0 Å². The van der Waals surface area contributed by atoms with E-state index in [0.29, 0.717) is 18.1 Å². The SMILES string of the molecule is Cc1ccc(C(=O)NOCC2CCNCC2)cc1C. The third-order valence-electron chi connectivity index (χ3n) is 3.71. The number of hydrogen-bond donors (Lipinski definition) is 2. The van der Waals surface area contributed by atoms with Crippen molar-refractivity contribution in [3.05, 3.63) is 34.9 Å². The van der Waals surface area contributed by atoms with Crippen LogP contribution in [0.4, 0.5) is 0 Å². The van der Waals surface area contributed by atoms with E-state index in [9.17, 15) is 4.79 Å². The first-order valence-corrected chi connectivity index (χ1v) is 6.87. The lowest BCUT2D eigenvalue weighted by atomic mass is 10.00. The number of hydrogen-bond acceptors (Lipinski definition) is 3. The van der Waals surface area contributed by atoms with Crippen LogP contribution < -0.4 is 10.8 Å². The largest absolute Gasteiger partial charge is 0.317 e. The molecule has 4 heteroatoms. The Labute approximate surface area is 114 Å². The molecule has 0 aliphatic carbocycles. The fourth-order valence-electron chi connectivity index (χ4n) is 2.22. The van der Waals surface area contributed by atoms with E-state index in [1.807, 2.05) is 32.0 Å². The summed E-state index contributed by atoms with van der Waals surface area (Å²) < 4.78 is 0. The number of carbonyl (C=O) groups is 1. The lowest BCUT2D eigenvalue weighted by Crippen LogP contribution is -2.33. The van der Waals surface area contributed by atoms with Gasteiger partial charge in [-0.25, -0.2) is 5.48 Å². The molecule has 2 N–H and O–H groups in total. The van der Waals surface area contributed by atoms with E-state index in [1.165, 1.54) is 5.56 Å². The number of aryl methyl sites for hydroxylation is 2. The Morgan fingerprint density at radius 2 is 2.05 bits per heavy atom. The highest BCUT2D eigenvalue weighted by atomic mass is 16.6. The number of carbonyl (C=O) groups excluding carboxylic acids is 1. The van der Waals surface area contributed by atoms with E-state index >= 15 is 0 Å². The predicted octanol–water partition coefficient (Wildman–Crippen LogP) is 1.96. The summed E-state index contributed by atoms with van der Waals surface area (Å²) in [6.45, 7) is 6.71. The maximum Gasteiger partial charge on any atom is 0.274 e. The van der Waals surface area contributed by atoms with Crippen molar-refractivity contribution < 1.29 is 9.63 Å². The zero-order chi connectivity index (χ0) is 13.7. The summed E-state index contributed by atoms with van der Waals surface area (Å²) in [7, 11) is 0. The molecule has 0 atom stereocenters. The van der Waals surface area contributed by atoms with Crippen molar-refractivity contribution >= 4 is 5.91 Å². The van der Waals surface area contributed by atoms with E-state index < -0.39 is 0 Å². The molecule has 0 saturated carbocycles. The van der Waals surface area contributed by atoms with Crippen LogP contribution in [0.1, 0.15) is 34.3 Å². The number of hydroxylamine groups is 1. The molecule has 4 nitrogen and oxygen atoms in total. The molecule has 1 aromatic rings. The summed E-state index contributed by atoms with van der Waals surface area (Å²) in [4.78, 5) is 17.2. The van der Waals surface area contributed by atoms with Gasteiger partial charge in [0.05, 0.1) is 6.61 Å². The Bertz CT molecular complexity index is 440. The first-order chi connectivity index (χ1) is 9.16. The lowest BCUT2D eigenvalue weighted by molar-refractivity contribution is 0.0118. The van der Waals surface area contributed by atoms with Gasteiger partial charge < -0.3 is 5.32 Å². The number of rotatable bonds is 4. The summed E-state index contributed by atoms with van der Waals surface area (Å²) in [6, 6.07) is 5.67. The van der Waals surface area contributed by atoms with Gasteiger partial charge in [0, 0.05) is 5.56 Å². The minimum absolute atomic E-state index is 0.169.